The second-order valence-corrected chi connectivity index (χ2v) is 7.10. The summed E-state index contributed by atoms with van der Waals surface area (Å²) in [7, 11) is 1.52. The molecular weight excluding hydrogens is 410 g/mol. The quantitative estimate of drug-likeness (QED) is 0.369. The predicted molar refractivity (Wildman–Crippen MR) is 121 cm³/mol. The highest BCUT2D eigenvalue weighted by molar-refractivity contribution is 6.06. The number of para-hydroxylation sites is 1. The topological polar surface area (TPSA) is 83.1 Å². The molecule has 1 saturated heterocycles. The van der Waals surface area contributed by atoms with Crippen molar-refractivity contribution >= 4 is 23.6 Å². The summed E-state index contributed by atoms with van der Waals surface area (Å²) < 4.78 is 21.4. The maximum Gasteiger partial charge on any atom is 0.340 e. The van der Waals surface area contributed by atoms with Crippen LogP contribution in [0.2, 0.25) is 0 Å². The minimum absolute atomic E-state index is 0.129. The molecule has 166 valence electrons. The van der Waals surface area contributed by atoms with Crippen molar-refractivity contribution in [3.8, 4) is 23.8 Å². The molecule has 2 aromatic rings. The van der Waals surface area contributed by atoms with E-state index in [1.54, 1.807) is 48.5 Å². The number of anilines is 1. The average molecular weight is 435 g/mol. The van der Waals surface area contributed by atoms with Crippen LogP contribution in [0.25, 0.3) is 6.08 Å². The Kier molecular flexibility index (Phi) is 8.29. The number of benzene rings is 2. The highest BCUT2D eigenvalue weighted by Gasteiger charge is 2.19. The van der Waals surface area contributed by atoms with Crippen LogP contribution in [0.1, 0.15) is 22.3 Å². The third-order valence-electron chi connectivity index (χ3n) is 4.80. The number of hydrogen-bond donors (Lipinski definition) is 1. The lowest BCUT2D eigenvalue weighted by Gasteiger charge is -2.12. The van der Waals surface area contributed by atoms with E-state index in [0.717, 1.165) is 12.0 Å². The van der Waals surface area contributed by atoms with Crippen LogP contribution >= 0.6 is 0 Å². The minimum atomic E-state index is -0.482. The van der Waals surface area contributed by atoms with Gasteiger partial charge < -0.3 is 24.3 Å². The molecule has 1 atom stereocenters. The zero-order valence-electron chi connectivity index (χ0n) is 17.8. The first kappa shape index (κ1) is 22.9. The van der Waals surface area contributed by atoms with E-state index in [1.165, 1.54) is 13.2 Å². The molecule has 2 aromatic carbocycles. The molecule has 0 bridgehead atoms. The molecule has 3 rings (SSSR count). The zero-order chi connectivity index (χ0) is 22.8. The lowest BCUT2D eigenvalue weighted by Crippen LogP contribution is -2.17. The van der Waals surface area contributed by atoms with Crippen molar-refractivity contribution in [1.82, 2.24) is 0 Å². The van der Waals surface area contributed by atoms with Crippen molar-refractivity contribution in [1.29, 1.82) is 0 Å². The van der Waals surface area contributed by atoms with E-state index in [-0.39, 0.29) is 18.4 Å². The predicted octanol–water partition coefficient (Wildman–Crippen LogP) is 3.55. The number of esters is 1. The lowest BCUT2D eigenvalue weighted by atomic mass is 10.1. The van der Waals surface area contributed by atoms with E-state index >= 15 is 0 Å². The van der Waals surface area contributed by atoms with Gasteiger partial charge in [0.05, 0.1) is 31.6 Å². The van der Waals surface area contributed by atoms with Crippen LogP contribution in [0.15, 0.2) is 48.5 Å². The molecule has 1 N–H and O–H groups in total. The Bertz CT molecular complexity index is 1020. The van der Waals surface area contributed by atoms with Crippen LogP contribution in [0.3, 0.4) is 0 Å². The molecule has 7 nitrogen and oxygen atoms in total. The molecule has 1 fully saturated rings. The van der Waals surface area contributed by atoms with Crippen molar-refractivity contribution in [2.75, 3.05) is 38.9 Å². The number of ether oxygens (including phenoxy) is 4. The van der Waals surface area contributed by atoms with Crippen molar-refractivity contribution in [2.24, 2.45) is 5.92 Å². The Labute approximate surface area is 187 Å². The molecule has 1 unspecified atom stereocenters. The van der Waals surface area contributed by atoms with Crippen LogP contribution in [0.5, 0.6) is 11.5 Å². The third-order valence-corrected chi connectivity index (χ3v) is 4.80. The van der Waals surface area contributed by atoms with Gasteiger partial charge in [0.1, 0.15) is 6.61 Å². The molecule has 0 saturated carbocycles. The average Bonchev–Trinajstić information content (AvgIpc) is 3.34. The van der Waals surface area contributed by atoms with Crippen LogP contribution in [-0.4, -0.2) is 45.4 Å². The molecule has 1 amide bonds. The van der Waals surface area contributed by atoms with Crippen LogP contribution < -0.4 is 14.8 Å². The molecule has 1 aliphatic heterocycles. The summed E-state index contributed by atoms with van der Waals surface area (Å²) in [5, 5.41) is 2.73. The van der Waals surface area contributed by atoms with Crippen molar-refractivity contribution in [2.45, 2.75) is 6.42 Å². The van der Waals surface area contributed by atoms with Gasteiger partial charge in [0, 0.05) is 18.6 Å². The van der Waals surface area contributed by atoms with Crippen LogP contribution in [0, 0.1) is 18.3 Å². The molecular formula is C25H25NO6. The Hall–Kier alpha value is -3.76. The summed E-state index contributed by atoms with van der Waals surface area (Å²) >= 11 is 0. The zero-order valence-corrected chi connectivity index (χ0v) is 17.8. The SMILES string of the molecule is C#CCOc1ccc(/C=C/C(=O)Nc2ccccc2C(=O)OCC2CCOC2)cc1OC. The Morgan fingerprint density at radius 1 is 1.25 bits per heavy atom. The van der Waals surface area contributed by atoms with Gasteiger partial charge in [-0.15, -0.1) is 6.42 Å². The third kappa shape index (κ3) is 6.37. The number of methoxy groups -OCH3 is 1. The lowest BCUT2D eigenvalue weighted by molar-refractivity contribution is -0.111. The van der Waals surface area contributed by atoms with E-state index in [9.17, 15) is 9.59 Å². The summed E-state index contributed by atoms with van der Waals surface area (Å²) in [6, 6.07) is 11.9. The fourth-order valence-electron chi connectivity index (χ4n) is 3.13. The van der Waals surface area contributed by atoms with Gasteiger partial charge in [-0.3, -0.25) is 4.79 Å². The molecule has 1 heterocycles. The van der Waals surface area contributed by atoms with E-state index in [2.05, 4.69) is 11.2 Å². The Morgan fingerprint density at radius 3 is 2.84 bits per heavy atom. The smallest absolute Gasteiger partial charge is 0.340 e. The van der Waals surface area contributed by atoms with Gasteiger partial charge >= 0.3 is 5.97 Å². The maximum atomic E-state index is 12.5. The van der Waals surface area contributed by atoms with Crippen LogP contribution in [0.4, 0.5) is 5.69 Å². The number of amides is 1. The van der Waals surface area contributed by atoms with Crippen molar-refractivity contribution < 1.29 is 28.5 Å². The van der Waals surface area contributed by atoms with Gasteiger partial charge in [-0.2, -0.15) is 0 Å². The summed E-state index contributed by atoms with van der Waals surface area (Å²) in [5.41, 5.74) is 1.41. The first-order chi connectivity index (χ1) is 15.6. The van der Waals surface area contributed by atoms with E-state index in [0.29, 0.717) is 42.6 Å². The molecule has 0 aromatic heterocycles. The largest absolute Gasteiger partial charge is 0.493 e. The Morgan fingerprint density at radius 2 is 2.09 bits per heavy atom. The minimum Gasteiger partial charge on any atom is -0.493 e. The number of nitrogens with one attached hydrogen (secondary N) is 1. The first-order valence-corrected chi connectivity index (χ1v) is 10.2. The summed E-state index contributed by atoms with van der Waals surface area (Å²) in [6.45, 7) is 1.71. The molecule has 32 heavy (non-hydrogen) atoms. The number of rotatable bonds is 9. The number of terminal acetylenes is 1. The van der Waals surface area contributed by atoms with Gasteiger partial charge in [-0.05, 0) is 42.3 Å². The fourth-order valence-corrected chi connectivity index (χ4v) is 3.13. The van der Waals surface area contributed by atoms with E-state index in [1.807, 2.05) is 0 Å². The number of hydrogen-bond acceptors (Lipinski definition) is 6. The van der Waals surface area contributed by atoms with Gasteiger partial charge in [-0.25, -0.2) is 4.79 Å². The summed E-state index contributed by atoms with van der Waals surface area (Å²) in [5.74, 6) is 2.76. The van der Waals surface area contributed by atoms with E-state index < -0.39 is 5.97 Å². The summed E-state index contributed by atoms with van der Waals surface area (Å²) in [4.78, 5) is 24.9. The summed E-state index contributed by atoms with van der Waals surface area (Å²) in [6.07, 6.45) is 9.08. The molecule has 1 aliphatic rings. The number of carbonyl (C=O) groups excluding carboxylic acids is 2. The van der Waals surface area contributed by atoms with Gasteiger partial charge in [-0.1, -0.05) is 24.1 Å². The highest BCUT2D eigenvalue weighted by Crippen LogP contribution is 2.28. The first-order valence-electron chi connectivity index (χ1n) is 10.2. The van der Waals surface area contributed by atoms with Crippen molar-refractivity contribution in [3.05, 3.63) is 59.7 Å². The molecule has 7 heteroatoms. The molecule has 0 spiro atoms. The highest BCUT2D eigenvalue weighted by atomic mass is 16.5. The second kappa shape index (κ2) is 11.6. The second-order valence-electron chi connectivity index (χ2n) is 7.10. The normalized spacial score (nSPS) is 15.2. The monoisotopic (exact) mass is 435 g/mol. The van der Waals surface area contributed by atoms with Gasteiger partial charge in [0.2, 0.25) is 5.91 Å². The van der Waals surface area contributed by atoms with Crippen LogP contribution in [-0.2, 0) is 14.3 Å². The van der Waals surface area contributed by atoms with Gasteiger partial charge in [0.25, 0.3) is 0 Å². The molecule has 0 radical (unpaired) electrons. The molecule has 0 aliphatic carbocycles. The standard InChI is InChI=1S/C25H25NO6/c1-3-13-31-22-10-8-18(15-23(22)29-2)9-11-24(27)26-21-7-5-4-6-20(21)25(28)32-17-19-12-14-30-16-19/h1,4-11,15,19H,12-14,16-17H2,2H3,(H,26,27)/b11-9+. The van der Waals surface area contributed by atoms with E-state index in [4.69, 9.17) is 25.4 Å². The van der Waals surface area contributed by atoms with Gasteiger partial charge in [0.15, 0.2) is 11.5 Å². The number of carbonyl (C=O) groups is 2. The van der Waals surface area contributed by atoms with Crippen molar-refractivity contribution in [3.63, 3.8) is 0 Å². The Balaban J connectivity index is 1.63. The fraction of sp³-hybridized carbons (Fsp3) is 0.280. The maximum absolute atomic E-state index is 12.5.